The maximum absolute atomic E-state index is 16.4. The number of phenols is 1. The van der Waals surface area contributed by atoms with Crippen LogP contribution in [-0.4, -0.2) is 64.8 Å². The number of amides is 1. The van der Waals surface area contributed by atoms with Crippen molar-refractivity contribution in [2.75, 3.05) is 42.9 Å². The average Bonchev–Trinajstić information content (AvgIpc) is 2.92. The number of aromatic nitrogens is 2. The summed E-state index contributed by atoms with van der Waals surface area (Å²) in [7, 11) is 0. The molecule has 3 aromatic carbocycles. The number of nitrogens with one attached hydrogen (secondary N) is 1. The molecule has 2 N–H and O–H groups in total. The van der Waals surface area contributed by atoms with Gasteiger partial charge in [-0.15, -0.1) is 0 Å². The Labute approximate surface area is 231 Å². The number of benzene rings is 3. The van der Waals surface area contributed by atoms with E-state index in [1.165, 1.54) is 18.2 Å². The highest BCUT2D eigenvalue weighted by atomic mass is 35.5. The number of hydrogen-bond donors (Lipinski definition) is 2. The van der Waals surface area contributed by atoms with E-state index in [2.05, 4.69) is 21.9 Å². The van der Waals surface area contributed by atoms with Crippen molar-refractivity contribution >= 4 is 50.9 Å². The Morgan fingerprint density at radius 3 is 2.52 bits per heavy atom. The van der Waals surface area contributed by atoms with Crippen molar-refractivity contribution in [3.05, 3.63) is 66.0 Å². The number of carbonyl (C=O) groups is 1. The Morgan fingerprint density at radius 1 is 1.10 bits per heavy atom. The van der Waals surface area contributed by atoms with Crippen LogP contribution in [0.1, 0.15) is 6.42 Å². The molecule has 1 amide bonds. The zero-order chi connectivity index (χ0) is 28.6. The number of halogens is 5. The minimum Gasteiger partial charge on any atom is -0.508 e. The second-order valence-corrected chi connectivity index (χ2v) is 9.74. The molecule has 1 fully saturated rings. The summed E-state index contributed by atoms with van der Waals surface area (Å²) in [6.45, 7) is 4.36. The fourth-order valence-electron chi connectivity index (χ4n) is 4.83. The first-order chi connectivity index (χ1) is 19.1. The second-order valence-electron chi connectivity index (χ2n) is 9.34. The van der Waals surface area contributed by atoms with Crippen molar-refractivity contribution in [1.29, 1.82) is 0 Å². The van der Waals surface area contributed by atoms with E-state index in [4.69, 9.17) is 11.6 Å². The Balaban J connectivity index is 1.65. The number of alkyl halides is 3. The van der Waals surface area contributed by atoms with E-state index in [0.717, 1.165) is 0 Å². The maximum Gasteiger partial charge on any atom is 0.390 e. The summed E-state index contributed by atoms with van der Waals surface area (Å²) >= 11 is 6.66. The van der Waals surface area contributed by atoms with Gasteiger partial charge in [-0.1, -0.05) is 42.4 Å². The molecule has 5 rings (SSSR count). The lowest BCUT2D eigenvalue weighted by Crippen LogP contribution is -2.48. The number of aromatic hydroxyl groups is 1. The summed E-state index contributed by atoms with van der Waals surface area (Å²) in [5.41, 5.74) is 0.188. The highest BCUT2D eigenvalue weighted by molar-refractivity contribution is 6.35. The number of anilines is 2. The summed E-state index contributed by atoms with van der Waals surface area (Å²) in [5, 5.41) is 14.5. The second kappa shape index (κ2) is 10.8. The number of rotatable bonds is 6. The molecular formula is C28H24ClF4N5O2. The van der Waals surface area contributed by atoms with E-state index >= 15 is 4.39 Å². The van der Waals surface area contributed by atoms with Crippen LogP contribution < -0.4 is 10.2 Å². The van der Waals surface area contributed by atoms with E-state index in [9.17, 15) is 23.1 Å². The van der Waals surface area contributed by atoms with Crippen molar-refractivity contribution in [2.24, 2.45) is 0 Å². The van der Waals surface area contributed by atoms with Crippen LogP contribution in [0.25, 0.3) is 32.8 Å². The maximum atomic E-state index is 16.4. The third kappa shape index (κ3) is 5.46. The molecule has 0 aliphatic carbocycles. The molecule has 4 aromatic rings. The lowest BCUT2D eigenvalue weighted by atomic mass is 9.96. The van der Waals surface area contributed by atoms with Gasteiger partial charge in [0, 0.05) is 43.7 Å². The Bertz CT molecular complexity index is 1620. The number of hydrogen-bond acceptors (Lipinski definition) is 6. The van der Waals surface area contributed by atoms with Crippen LogP contribution in [0.2, 0.25) is 5.02 Å². The number of phenolic OH excluding ortho intramolecular Hbond substituents is 1. The molecule has 0 unspecified atom stereocenters. The monoisotopic (exact) mass is 573 g/mol. The predicted octanol–water partition coefficient (Wildman–Crippen LogP) is 6.15. The SMILES string of the molecule is C=CC(=O)N1CCN(c2nc(NCCC(F)(F)F)nc3c(F)c(-c4cc(O)cc5ccccc45)c(Cl)cc23)CC1. The van der Waals surface area contributed by atoms with Crippen molar-refractivity contribution in [3.8, 4) is 16.9 Å². The zero-order valence-electron chi connectivity index (χ0n) is 21.1. The minimum atomic E-state index is -4.40. The first-order valence-electron chi connectivity index (χ1n) is 12.4. The van der Waals surface area contributed by atoms with E-state index in [1.807, 2.05) is 4.90 Å². The minimum absolute atomic E-state index is 0.00597. The van der Waals surface area contributed by atoms with Crippen molar-refractivity contribution in [2.45, 2.75) is 12.6 Å². The smallest absolute Gasteiger partial charge is 0.390 e. The Morgan fingerprint density at radius 2 is 1.82 bits per heavy atom. The normalized spacial score (nSPS) is 14.1. The molecule has 0 bridgehead atoms. The topological polar surface area (TPSA) is 81.6 Å². The third-order valence-corrected chi connectivity index (χ3v) is 7.03. The van der Waals surface area contributed by atoms with E-state index in [1.54, 1.807) is 35.2 Å². The largest absolute Gasteiger partial charge is 0.508 e. The number of fused-ring (bicyclic) bond motifs is 2. The molecule has 0 saturated carbocycles. The van der Waals surface area contributed by atoms with Gasteiger partial charge in [-0.25, -0.2) is 9.37 Å². The van der Waals surface area contributed by atoms with Crippen LogP contribution in [0.3, 0.4) is 0 Å². The summed E-state index contributed by atoms with van der Waals surface area (Å²) in [6.07, 6.45) is -4.31. The number of nitrogens with zero attached hydrogens (tertiary/aromatic N) is 4. The van der Waals surface area contributed by atoms with Gasteiger partial charge in [-0.3, -0.25) is 4.79 Å². The van der Waals surface area contributed by atoms with Crippen LogP contribution >= 0.6 is 11.6 Å². The molecular weight excluding hydrogens is 550 g/mol. The van der Waals surface area contributed by atoms with Gasteiger partial charge in [0.1, 0.15) is 17.1 Å². The lowest BCUT2D eigenvalue weighted by molar-refractivity contribution is -0.131. The van der Waals surface area contributed by atoms with Crippen LogP contribution in [0.5, 0.6) is 5.75 Å². The summed E-state index contributed by atoms with van der Waals surface area (Å²) < 4.78 is 54.8. The standard InChI is InChI=1S/C28H24ClF4N5O2/c1-2-22(40)37-9-11-38(12-10-37)26-20-15-21(29)23(19-14-17(39)13-16-5-3-4-6-18(16)19)24(30)25(20)35-27(36-26)34-8-7-28(31,32)33/h2-6,13-15,39H,1,7-12H2,(H,34,35,36). The summed E-state index contributed by atoms with van der Waals surface area (Å²) in [5.74, 6) is -1.02. The number of piperazine rings is 1. The van der Waals surface area contributed by atoms with Gasteiger partial charge in [0.15, 0.2) is 5.82 Å². The molecule has 0 atom stereocenters. The molecule has 0 radical (unpaired) electrons. The van der Waals surface area contributed by atoms with Gasteiger partial charge in [-0.2, -0.15) is 18.2 Å². The lowest BCUT2D eigenvalue weighted by Gasteiger charge is -2.35. The van der Waals surface area contributed by atoms with E-state index in [0.29, 0.717) is 42.5 Å². The fraction of sp³-hybridized carbons (Fsp3) is 0.250. The molecule has 1 aromatic heterocycles. The van der Waals surface area contributed by atoms with Crippen LogP contribution in [-0.2, 0) is 4.79 Å². The van der Waals surface area contributed by atoms with Crippen molar-refractivity contribution in [1.82, 2.24) is 14.9 Å². The van der Waals surface area contributed by atoms with Crippen LogP contribution in [0.15, 0.2) is 55.1 Å². The Hall–Kier alpha value is -4.12. The summed E-state index contributed by atoms with van der Waals surface area (Å²) in [4.78, 5) is 24.1. The van der Waals surface area contributed by atoms with Crippen LogP contribution in [0, 0.1) is 5.82 Å². The van der Waals surface area contributed by atoms with E-state index < -0.39 is 25.0 Å². The van der Waals surface area contributed by atoms with Gasteiger partial charge in [0.05, 0.1) is 11.4 Å². The van der Waals surface area contributed by atoms with Gasteiger partial charge in [0.2, 0.25) is 11.9 Å². The fourth-order valence-corrected chi connectivity index (χ4v) is 5.13. The van der Waals surface area contributed by atoms with E-state index in [-0.39, 0.29) is 44.9 Å². The predicted molar refractivity (Wildman–Crippen MR) is 147 cm³/mol. The highest BCUT2D eigenvalue weighted by Gasteiger charge is 2.28. The molecule has 12 heteroatoms. The molecule has 1 saturated heterocycles. The molecule has 0 spiro atoms. The van der Waals surface area contributed by atoms with Gasteiger partial charge in [0.25, 0.3) is 0 Å². The van der Waals surface area contributed by atoms with Gasteiger partial charge in [-0.05, 0) is 40.6 Å². The molecule has 2 heterocycles. The third-order valence-electron chi connectivity index (χ3n) is 6.74. The first-order valence-corrected chi connectivity index (χ1v) is 12.8. The quantitative estimate of drug-likeness (QED) is 0.213. The first kappa shape index (κ1) is 27.4. The van der Waals surface area contributed by atoms with Gasteiger partial charge < -0.3 is 20.2 Å². The molecule has 208 valence electrons. The van der Waals surface area contributed by atoms with Crippen molar-refractivity contribution in [3.63, 3.8) is 0 Å². The highest BCUT2D eigenvalue weighted by Crippen LogP contribution is 2.42. The average molecular weight is 574 g/mol. The molecule has 1 aliphatic heterocycles. The summed E-state index contributed by atoms with van der Waals surface area (Å²) in [6, 6.07) is 11.6. The van der Waals surface area contributed by atoms with Crippen LogP contribution in [0.4, 0.5) is 29.3 Å². The zero-order valence-corrected chi connectivity index (χ0v) is 21.9. The number of carbonyl (C=O) groups excluding carboxylic acids is 1. The molecule has 7 nitrogen and oxygen atoms in total. The van der Waals surface area contributed by atoms with Crippen molar-refractivity contribution < 1.29 is 27.5 Å². The van der Waals surface area contributed by atoms with Gasteiger partial charge >= 0.3 is 6.18 Å². The Kier molecular flexibility index (Phi) is 7.41. The molecule has 40 heavy (non-hydrogen) atoms. The molecule has 1 aliphatic rings.